The summed E-state index contributed by atoms with van der Waals surface area (Å²) in [7, 11) is 0. The second-order valence-electron chi connectivity index (χ2n) is 17.9. The van der Waals surface area contributed by atoms with Gasteiger partial charge in [0.15, 0.2) is 5.75 Å². The van der Waals surface area contributed by atoms with Crippen LogP contribution in [0.15, 0.2) is 54.7 Å². The molecule has 64 heavy (non-hydrogen) atoms. The van der Waals surface area contributed by atoms with Gasteiger partial charge in [0.05, 0.1) is 28.4 Å². The molecule has 2 aliphatic carbocycles. The van der Waals surface area contributed by atoms with Crippen molar-refractivity contribution in [2.24, 2.45) is 17.3 Å². The average Bonchev–Trinajstić information content (AvgIpc) is 3.78. The first kappa shape index (κ1) is 43.3. The summed E-state index contributed by atoms with van der Waals surface area (Å²) >= 11 is 0. The topological polar surface area (TPSA) is 168 Å². The molecule has 4 fully saturated rings. The lowest BCUT2D eigenvalue weighted by molar-refractivity contribution is -0.141. The molecule has 2 saturated carbocycles. The van der Waals surface area contributed by atoms with Crippen LogP contribution in [-0.2, 0) is 15.8 Å². The van der Waals surface area contributed by atoms with Crippen molar-refractivity contribution < 1.29 is 50.7 Å². The van der Waals surface area contributed by atoms with E-state index in [0.29, 0.717) is 40.4 Å². The number of imide groups is 2. The summed E-state index contributed by atoms with van der Waals surface area (Å²) in [4.78, 5) is 70.6. The van der Waals surface area contributed by atoms with Gasteiger partial charge in [0.25, 0.3) is 17.7 Å². The largest absolute Gasteiger partial charge is 0.433 e. The molecule has 4 aromatic rings. The second kappa shape index (κ2) is 17.2. The number of piperidine rings is 2. The normalized spacial score (nSPS) is 22.8. The van der Waals surface area contributed by atoms with Crippen LogP contribution in [0.4, 0.5) is 33.3 Å². The number of alkyl halides is 5. The molecule has 5 heterocycles. The van der Waals surface area contributed by atoms with E-state index in [1.165, 1.54) is 12.1 Å². The molecule has 19 heteroatoms. The number of halogens is 5. The summed E-state index contributed by atoms with van der Waals surface area (Å²) in [5.74, 6) is -2.37. The Morgan fingerprint density at radius 3 is 2.39 bits per heavy atom. The zero-order valence-electron chi connectivity index (χ0n) is 34.8. The number of pyridine rings is 1. The van der Waals surface area contributed by atoms with Crippen LogP contribution in [0.5, 0.6) is 5.75 Å². The number of fused-ring (bicyclic) bond motifs is 2. The van der Waals surface area contributed by atoms with Gasteiger partial charge in [-0.1, -0.05) is 12.1 Å². The van der Waals surface area contributed by atoms with Crippen molar-refractivity contribution in [1.29, 1.82) is 0 Å². The van der Waals surface area contributed by atoms with E-state index >= 15 is 0 Å². The summed E-state index contributed by atoms with van der Waals surface area (Å²) < 4.78 is 72.8. The van der Waals surface area contributed by atoms with E-state index in [1.54, 1.807) is 24.4 Å². The Morgan fingerprint density at radius 1 is 0.922 bits per heavy atom. The van der Waals surface area contributed by atoms with Gasteiger partial charge < -0.3 is 20.3 Å². The van der Waals surface area contributed by atoms with Gasteiger partial charge in [0.2, 0.25) is 11.8 Å². The van der Waals surface area contributed by atoms with E-state index in [0.717, 1.165) is 101 Å². The standard InChI is InChI=1S/C45H47F5N8O6/c46-43(47)64-35-20-32-27(19-33(35)53-39(60)31-5-2-6-36(52-31)45(48,49)50)24-57(55-32)28-9-7-25(8-10-28)23-56-17-14-44(15-18-56)21-26(22-44)13-16-51-30-4-1-3-29-38(30)42(63)58(41(29)62)34-11-12-37(59)54-40(34)61/h1-6,19-20,24-26,28,34,43,51H,7-18,21-23H2,(H,53,60)(H,54,59,61)/t25-,28-,34?. The summed E-state index contributed by atoms with van der Waals surface area (Å²) in [6, 6.07) is 9.75. The molecule has 3 aliphatic heterocycles. The number of hydrogen-bond donors (Lipinski definition) is 3. The number of rotatable bonds is 12. The first-order chi connectivity index (χ1) is 30.6. The lowest BCUT2D eigenvalue weighted by Crippen LogP contribution is -2.54. The maximum atomic E-state index is 13.4. The quantitative estimate of drug-likeness (QED) is 0.0962. The van der Waals surface area contributed by atoms with Crippen molar-refractivity contribution in [1.82, 2.24) is 29.9 Å². The molecular formula is C45H47F5N8O6. The van der Waals surface area contributed by atoms with Crippen LogP contribution < -0.4 is 20.7 Å². The molecular weight excluding hydrogens is 844 g/mol. The summed E-state index contributed by atoms with van der Waals surface area (Å²) in [6.45, 7) is 0.559. The minimum Gasteiger partial charge on any atom is -0.433 e. The summed E-state index contributed by atoms with van der Waals surface area (Å²) in [5, 5.41) is 13.2. The van der Waals surface area contributed by atoms with Crippen molar-refractivity contribution in [3.05, 3.63) is 77.2 Å². The minimum absolute atomic E-state index is 0.0669. The van der Waals surface area contributed by atoms with Crippen molar-refractivity contribution in [3.8, 4) is 5.75 Å². The Hall–Kier alpha value is -5.98. The number of hydrogen-bond acceptors (Lipinski definition) is 10. The maximum Gasteiger partial charge on any atom is 0.433 e. The number of benzene rings is 2. The lowest BCUT2D eigenvalue weighted by Gasteiger charge is -2.53. The van der Waals surface area contributed by atoms with Crippen molar-refractivity contribution in [3.63, 3.8) is 0 Å². The van der Waals surface area contributed by atoms with Crippen molar-refractivity contribution in [2.45, 2.75) is 95.5 Å². The molecule has 14 nitrogen and oxygen atoms in total. The predicted molar refractivity (Wildman–Crippen MR) is 222 cm³/mol. The number of carbonyl (C=O) groups is 5. The van der Waals surface area contributed by atoms with Gasteiger partial charge in [-0.15, -0.1) is 0 Å². The molecule has 0 bridgehead atoms. The molecule has 3 N–H and O–H groups in total. The Balaban J connectivity index is 0.727. The van der Waals surface area contributed by atoms with Crippen LogP contribution in [0.2, 0.25) is 0 Å². The Labute approximate surface area is 364 Å². The zero-order valence-corrected chi connectivity index (χ0v) is 34.8. The Bertz CT molecular complexity index is 2490. The number of nitrogens with zero attached hydrogens (tertiary/aromatic N) is 5. The second-order valence-corrected chi connectivity index (χ2v) is 17.9. The molecule has 5 amide bonds. The van der Waals surface area contributed by atoms with Gasteiger partial charge in [-0.25, -0.2) is 4.98 Å². The van der Waals surface area contributed by atoms with E-state index in [9.17, 15) is 45.9 Å². The Morgan fingerprint density at radius 2 is 1.67 bits per heavy atom. The molecule has 5 aliphatic rings. The molecule has 1 atom stereocenters. The highest BCUT2D eigenvalue weighted by Crippen LogP contribution is 2.54. The molecule has 0 radical (unpaired) electrons. The molecule has 1 spiro atoms. The van der Waals surface area contributed by atoms with Crippen LogP contribution in [0.25, 0.3) is 10.9 Å². The van der Waals surface area contributed by atoms with E-state index in [4.69, 9.17) is 0 Å². The van der Waals surface area contributed by atoms with E-state index in [2.05, 4.69) is 35.7 Å². The van der Waals surface area contributed by atoms with E-state index in [-0.39, 0.29) is 41.4 Å². The molecule has 338 valence electrons. The highest BCUT2D eigenvalue weighted by Gasteiger charge is 2.47. The zero-order chi connectivity index (χ0) is 44.9. The molecule has 9 rings (SSSR count). The number of anilines is 2. The van der Waals surface area contributed by atoms with Crippen LogP contribution in [0, 0.1) is 17.3 Å². The molecule has 2 aromatic heterocycles. The highest BCUT2D eigenvalue weighted by molar-refractivity contribution is 6.25. The molecule has 1 unspecified atom stereocenters. The SMILES string of the molecule is O=C1CCC(N2C(=O)c3cccc(NCCC4CC5(CCN(C[C@H]6CC[C@H](n7cc8cc(NC(=O)c9cccc(C(F)(F)F)n9)c(OC(F)F)cc8n7)CC6)CC5)C4)c3C2=O)C(=O)N1. The third kappa shape index (κ3) is 8.77. The first-order valence-corrected chi connectivity index (χ1v) is 21.8. The van der Waals surface area contributed by atoms with Crippen molar-refractivity contribution in [2.75, 3.05) is 36.8 Å². The number of likely N-dealkylation sites (tertiary alicyclic amines) is 1. The number of nitrogens with one attached hydrogen (secondary N) is 3. The summed E-state index contributed by atoms with van der Waals surface area (Å²) in [6.07, 6.45) is 6.52. The lowest BCUT2D eigenvalue weighted by atomic mass is 9.57. The summed E-state index contributed by atoms with van der Waals surface area (Å²) in [5.41, 5.74) is -0.0995. The number of ether oxygens (including phenoxy) is 1. The van der Waals surface area contributed by atoms with Gasteiger partial charge in [-0.2, -0.15) is 27.1 Å². The fourth-order valence-electron chi connectivity index (χ4n) is 10.5. The smallest absolute Gasteiger partial charge is 0.433 e. The average molecular weight is 891 g/mol. The molecule has 2 saturated heterocycles. The number of amides is 5. The Kier molecular flexibility index (Phi) is 11.6. The monoisotopic (exact) mass is 890 g/mol. The fraction of sp³-hybridized carbons (Fsp3) is 0.489. The van der Waals surface area contributed by atoms with Crippen LogP contribution in [0.3, 0.4) is 0 Å². The predicted octanol–water partition coefficient (Wildman–Crippen LogP) is 7.43. The van der Waals surface area contributed by atoms with Gasteiger partial charge in [-0.05, 0) is 125 Å². The van der Waals surface area contributed by atoms with Crippen LogP contribution in [0.1, 0.15) is 114 Å². The minimum atomic E-state index is -4.77. The fourth-order valence-corrected chi connectivity index (χ4v) is 10.5. The van der Waals surface area contributed by atoms with Gasteiger partial charge in [-0.3, -0.25) is 38.9 Å². The van der Waals surface area contributed by atoms with Gasteiger partial charge >= 0.3 is 12.8 Å². The van der Waals surface area contributed by atoms with Crippen LogP contribution in [-0.4, -0.2) is 92.9 Å². The third-order valence-corrected chi connectivity index (χ3v) is 13.8. The molecule has 2 aromatic carbocycles. The number of carbonyl (C=O) groups excluding carboxylic acids is 5. The van der Waals surface area contributed by atoms with Gasteiger partial charge in [0, 0.05) is 42.8 Å². The van der Waals surface area contributed by atoms with E-state index < -0.39 is 59.8 Å². The van der Waals surface area contributed by atoms with Crippen molar-refractivity contribution >= 4 is 51.8 Å². The maximum absolute atomic E-state index is 13.4. The van der Waals surface area contributed by atoms with Crippen LogP contribution >= 0.6 is 0 Å². The van der Waals surface area contributed by atoms with Gasteiger partial charge in [0.1, 0.15) is 17.4 Å². The first-order valence-electron chi connectivity index (χ1n) is 21.8. The van der Waals surface area contributed by atoms with E-state index in [1.807, 2.05) is 4.68 Å². The third-order valence-electron chi connectivity index (χ3n) is 13.8. The highest BCUT2D eigenvalue weighted by atomic mass is 19.4. The number of aromatic nitrogens is 3.